The van der Waals surface area contributed by atoms with Gasteiger partial charge in [-0.05, 0) is 56.7 Å². The number of benzene rings is 1. The van der Waals surface area contributed by atoms with E-state index in [1.165, 1.54) is 0 Å². The summed E-state index contributed by atoms with van der Waals surface area (Å²) in [5.74, 6) is 2.33. The highest BCUT2D eigenvalue weighted by Crippen LogP contribution is 2.29. The summed E-state index contributed by atoms with van der Waals surface area (Å²) < 4.78 is 10.3. The van der Waals surface area contributed by atoms with Gasteiger partial charge in [0.25, 0.3) is 0 Å². The topological polar surface area (TPSA) is 57.2 Å². The second-order valence-electron chi connectivity index (χ2n) is 6.74. The first-order chi connectivity index (χ1) is 14.0. The van der Waals surface area contributed by atoms with Gasteiger partial charge in [-0.3, -0.25) is 0 Å². The maximum absolute atomic E-state index is 6.14. The predicted molar refractivity (Wildman–Crippen MR) is 116 cm³/mol. The number of ether oxygens (including phenoxy) is 1. The van der Waals surface area contributed by atoms with Crippen molar-refractivity contribution in [3.8, 4) is 5.75 Å². The molecule has 0 aliphatic carbocycles. The van der Waals surface area contributed by atoms with E-state index in [9.17, 15) is 0 Å². The monoisotopic (exact) mass is 427 g/mol. The smallest absolute Gasteiger partial charge is 0.191 e. The lowest BCUT2D eigenvalue weighted by molar-refractivity contribution is 0.208. The number of fused-ring (bicyclic) bond motifs is 1. The summed E-state index contributed by atoms with van der Waals surface area (Å²) in [4.78, 5) is 4.65. The molecule has 4 aromatic rings. The lowest BCUT2D eigenvalue weighted by Gasteiger charge is -2.17. The van der Waals surface area contributed by atoms with Crippen LogP contribution in [0.1, 0.15) is 37.0 Å². The van der Waals surface area contributed by atoms with Crippen molar-refractivity contribution in [1.82, 2.24) is 24.1 Å². The molecule has 0 radical (unpaired) electrons. The van der Waals surface area contributed by atoms with Crippen LogP contribution in [0, 0.1) is 6.92 Å². The minimum absolute atomic E-state index is 0.230. The van der Waals surface area contributed by atoms with E-state index >= 15 is 0 Å². The van der Waals surface area contributed by atoms with Gasteiger partial charge in [-0.2, -0.15) is 0 Å². The van der Waals surface area contributed by atoms with E-state index in [1.54, 1.807) is 11.8 Å². The highest BCUT2D eigenvalue weighted by Gasteiger charge is 2.19. The van der Waals surface area contributed by atoms with E-state index in [4.69, 9.17) is 16.3 Å². The lowest BCUT2D eigenvalue weighted by Crippen LogP contribution is -2.12. The minimum atomic E-state index is -0.230. The fourth-order valence-electron chi connectivity index (χ4n) is 3.19. The summed E-state index contributed by atoms with van der Waals surface area (Å²) in [6.07, 6.45) is 3.82. The molecule has 29 heavy (non-hydrogen) atoms. The largest absolute Gasteiger partial charge is 0.482 e. The number of pyridine rings is 1. The second kappa shape index (κ2) is 8.47. The van der Waals surface area contributed by atoms with Crippen LogP contribution < -0.4 is 4.74 Å². The van der Waals surface area contributed by atoms with E-state index in [2.05, 4.69) is 26.7 Å². The number of imidazole rings is 1. The Morgan fingerprint density at radius 1 is 1.21 bits per heavy atom. The first-order valence-electron chi connectivity index (χ1n) is 9.46. The number of nitrogens with zero attached hydrogens (tertiary/aromatic N) is 5. The molecule has 0 amide bonds. The number of thioether (sulfide) groups is 1. The maximum atomic E-state index is 6.14. The highest BCUT2D eigenvalue weighted by molar-refractivity contribution is 7.98. The summed E-state index contributed by atoms with van der Waals surface area (Å²) >= 11 is 7.67. The van der Waals surface area contributed by atoms with Crippen LogP contribution in [0.4, 0.5) is 0 Å². The number of halogens is 1. The Balaban J connectivity index is 1.49. The number of rotatable bonds is 7. The van der Waals surface area contributed by atoms with Gasteiger partial charge < -0.3 is 13.7 Å². The molecular formula is C21H22ClN5OS. The molecule has 3 aromatic heterocycles. The maximum Gasteiger partial charge on any atom is 0.191 e. The van der Waals surface area contributed by atoms with Gasteiger partial charge in [0, 0.05) is 29.7 Å². The predicted octanol–water partition coefficient (Wildman–Crippen LogP) is 5.34. The molecule has 150 valence electrons. The van der Waals surface area contributed by atoms with E-state index in [-0.39, 0.29) is 6.10 Å². The molecule has 0 aliphatic rings. The van der Waals surface area contributed by atoms with Crippen LogP contribution in [-0.4, -0.2) is 24.1 Å². The van der Waals surface area contributed by atoms with E-state index in [0.29, 0.717) is 5.02 Å². The number of aromatic nitrogens is 5. The fraction of sp³-hybridized carbons (Fsp3) is 0.286. The molecule has 3 heterocycles. The Morgan fingerprint density at radius 2 is 2.07 bits per heavy atom. The zero-order valence-electron chi connectivity index (χ0n) is 16.5. The van der Waals surface area contributed by atoms with Crippen molar-refractivity contribution < 1.29 is 4.74 Å². The standard InChI is InChI=1S/C21H22ClN5OS/c1-4-27-20(15(3)28-18-9-8-16(22)11-14(18)2)24-25-21(27)29-13-17-12-26-10-6-5-7-19(26)23-17/h5-12,15H,4,13H2,1-3H3. The van der Waals surface area contributed by atoms with E-state index < -0.39 is 0 Å². The van der Waals surface area contributed by atoms with E-state index in [1.807, 2.05) is 67.0 Å². The summed E-state index contributed by atoms with van der Waals surface area (Å²) in [6.45, 7) is 6.82. The molecule has 0 N–H and O–H groups in total. The molecule has 0 bridgehead atoms. The molecule has 1 atom stereocenters. The Morgan fingerprint density at radius 3 is 2.83 bits per heavy atom. The molecule has 0 spiro atoms. The summed E-state index contributed by atoms with van der Waals surface area (Å²) in [7, 11) is 0. The molecule has 8 heteroatoms. The lowest BCUT2D eigenvalue weighted by atomic mass is 10.2. The van der Waals surface area contributed by atoms with Crippen molar-refractivity contribution in [2.45, 2.75) is 44.3 Å². The van der Waals surface area contributed by atoms with E-state index in [0.717, 1.165) is 45.9 Å². The van der Waals surface area contributed by atoms with Crippen molar-refractivity contribution in [3.05, 3.63) is 70.9 Å². The summed E-state index contributed by atoms with van der Waals surface area (Å²) in [5, 5.41) is 10.4. The van der Waals surface area contributed by atoms with Crippen molar-refractivity contribution in [1.29, 1.82) is 0 Å². The number of hydrogen-bond acceptors (Lipinski definition) is 5. The van der Waals surface area contributed by atoms with Gasteiger partial charge in [-0.1, -0.05) is 29.4 Å². The zero-order chi connectivity index (χ0) is 20.4. The summed E-state index contributed by atoms with van der Waals surface area (Å²) in [5.41, 5.74) is 2.95. The van der Waals surface area contributed by atoms with Gasteiger partial charge in [-0.15, -0.1) is 10.2 Å². The molecule has 0 aliphatic heterocycles. The van der Waals surface area contributed by atoms with Crippen molar-refractivity contribution in [2.24, 2.45) is 0 Å². The van der Waals surface area contributed by atoms with Crippen LogP contribution in [0.2, 0.25) is 5.02 Å². The Hall–Kier alpha value is -2.51. The Bertz CT molecular complexity index is 1110. The fourth-order valence-corrected chi connectivity index (χ4v) is 4.31. The SMILES string of the molecule is CCn1c(SCc2cn3ccccc3n2)nnc1C(C)Oc1ccc(Cl)cc1C. The third-order valence-electron chi connectivity index (χ3n) is 4.63. The molecule has 1 aromatic carbocycles. The van der Waals surface area contributed by atoms with Crippen LogP contribution in [0.3, 0.4) is 0 Å². The molecule has 6 nitrogen and oxygen atoms in total. The second-order valence-corrected chi connectivity index (χ2v) is 8.12. The highest BCUT2D eigenvalue weighted by atomic mass is 35.5. The minimum Gasteiger partial charge on any atom is -0.482 e. The van der Waals surface area contributed by atoms with Crippen LogP contribution in [0.25, 0.3) is 5.65 Å². The number of aryl methyl sites for hydroxylation is 1. The van der Waals surface area contributed by atoms with Crippen molar-refractivity contribution in [3.63, 3.8) is 0 Å². The van der Waals surface area contributed by atoms with Gasteiger partial charge in [0.05, 0.1) is 5.69 Å². The molecule has 0 fully saturated rings. The average molecular weight is 428 g/mol. The normalized spacial score (nSPS) is 12.4. The van der Waals surface area contributed by atoms with Gasteiger partial charge in [0.2, 0.25) is 0 Å². The van der Waals surface area contributed by atoms with Crippen molar-refractivity contribution in [2.75, 3.05) is 0 Å². The third-order valence-corrected chi connectivity index (χ3v) is 5.86. The Kier molecular flexibility index (Phi) is 5.78. The van der Waals surface area contributed by atoms with Gasteiger partial charge in [0.1, 0.15) is 11.4 Å². The summed E-state index contributed by atoms with van der Waals surface area (Å²) in [6, 6.07) is 11.6. The quantitative estimate of drug-likeness (QED) is 0.372. The van der Waals surface area contributed by atoms with Crippen LogP contribution in [0.15, 0.2) is 53.9 Å². The molecule has 1 unspecified atom stereocenters. The third kappa shape index (κ3) is 4.26. The molecular weight excluding hydrogens is 406 g/mol. The van der Waals surface area contributed by atoms with Gasteiger partial charge in [0.15, 0.2) is 17.1 Å². The van der Waals surface area contributed by atoms with Gasteiger partial charge in [-0.25, -0.2) is 4.98 Å². The van der Waals surface area contributed by atoms with Crippen LogP contribution in [-0.2, 0) is 12.3 Å². The zero-order valence-corrected chi connectivity index (χ0v) is 18.1. The van der Waals surface area contributed by atoms with Crippen LogP contribution >= 0.6 is 23.4 Å². The van der Waals surface area contributed by atoms with Crippen LogP contribution in [0.5, 0.6) is 5.75 Å². The van der Waals surface area contributed by atoms with Gasteiger partial charge >= 0.3 is 0 Å². The first-order valence-corrected chi connectivity index (χ1v) is 10.8. The molecule has 0 saturated carbocycles. The first kappa shape index (κ1) is 19.8. The average Bonchev–Trinajstić information content (AvgIpc) is 3.31. The molecule has 4 rings (SSSR count). The Labute approximate surface area is 178 Å². The molecule has 0 saturated heterocycles. The number of hydrogen-bond donors (Lipinski definition) is 0. The van der Waals surface area contributed by atoms with Crippen molar-refractivity contribution >= 4 is 29.0 Å².